The minimum atomic E-state index is -3.77. The van der Waals surface area contributed by atoms with E-state index in [1.165, 1.54) is 24.3 Å². The maximum Gasteiger partial charge on any atom is 0.182 e. The van der Waals surface area contributed by atoms with Crippen LogP contribution >= 0.6 is 0 Å². The third-order valence-electron chi connectivity index (χ3n) is 5.78. The summed E-state index contributed by atoms with van der Waals surface area (Å²) >= 11 is 0. The first-order chi connectivity index (χ1) is 15.8. The van der Waals surface area contributed by atoms with Gasteiger partial charge >= 0.3 is 0 Å². The molecule has 3 aromatic rings. The minimum Gasteiger partial charge on any atom is -0.326 e. The summed E-state index contributed by atoms with van der Waals surface area (Å²) in [6.07, 6.45) is 1.83. The molecule has 2 aromatic carbocycles. The van der Waals surface area contributed by atoms with Crippen LogP contribution in [0.4, 0.5) is 0 Å². The standard InChI is InChI=1S/C26H32N2O4S2/c1-17(2)14-25-23(15-27)26(20-8-6-18(3)7-9-20)24(19(4)28-25)16-34(31,32)22-12-10-21(11-13-22)33(5,29)30/h6-13,17H,14-16,27H2,1-5H3. The highest BCUT2D eigenvalue weighted by molar-refractivity contribution is 7.91. The lowest BCUT2D eigenvalue weighted by atomic mass is 9.90. The van der Waals surface area contributed by atoms with Gasteiger partial charge in [-0.1, -0.05) is 43.7 Å². The molecule has 2 N–H and O–H groups in total. The van der Waals surface area contributed by atoms with Crippen LogP contribution in [0.25, 0.3) is 11.1 Å². The highest BCUT2D eigenvalue weighted by Crippen LogP contribution is 2.34. The fraction of sp³-hybridized carbons (Fsp3) is 0.346. The summed E-state index contributed by atoms with van der Waals surface area (Å²) in [6, 6.07) is 13.3. The van der Waals surface area contributed by atoms with Crippen LogP contribution in [0.1, 0.15) is 41.9 Å². The van der Waals surface area contributed by atoms with E-state index in [9.17, 15) is 16.8 Å². The van der Waals surface area contributed by atoms with Gasteiger partial charge in [-0.2, -0.15) is 0 Å². The van der Waals surface area contributed by atoms with Crippen molar-refractivity contribution in [2.24, 2.45) is 11.7 Å². The van der Waals surface area contributed by atoms with Gasteiger partial charge in [-0.3, -0.25) is 4.98 Å². The Morgan fingerprint density at radius 1 is 0.853 bits per heavy atom. The second-order valence-electron chi connectivity index (χ2n) is 9.15. The van der Waals surface area contributed by atoms with Crippen LogP contribution in [0.5, 0.6) is 0 Å². The van der Waals surface area contributed by atoms with Gasteiger partial charge in [0.25, 0.3) is 0 Å². The smallest absolute Gasteiger partial charge is 0.182 e. The highest BCUT2D eigenvalue weighted by Gasteiger charge is 2.25. The second kappa shape index (κ2) is 9.98. The van der Waals surface area contributed by atoms with E-state index in [0.29, 0.717) is 17.2 Å². The molecule has 0 saturated heterocycles. The molecule has 0 fully saturated rings. The lowest BCUT2D eigenvalue weighted by Gasteiger charge is -2.21. The van der Waals surface area contributed by atoms with Gasteiger partial charge in [0, 0.05) is 24.2 Å². The normalized spacial score (nSPS) is 12.3. The Bertz CT molecular complexity index is 1390. The Morgan fingerprint density at radius 3 is 1.91 bits per heavy atom. The van der Waals surface area contributed by atoms with Crippen molar-refractivity contribution in [3.63, 3.8) is 0 Å². The van der Waals surface area contributed by atoms with Crippen molar-refractivity contribution in [3.05, 3.63) is 76.6 Å². The molecule has 0 spiro atoms. The van der Waals surface area contributed by atoms with E-state index >= 15 is 0 Å². The highest BCUT2D eigenvalue weighted by atomic mass is 32.2. The van der Waals surface area contributed by atoms with Crippen LogP contribution < -0.4 is 5.73 Å². The molecule has 0 bridgehead atoms. The van der Waals surface area contributed by atoms with Gasteiger partial charge < -0.3 is 5.73 Å². The van der Waals surface area contributed by atoms with Crippen molar-refractivity contribution in [2.75, 3.05) is 6.26 Å². The van der Waals surface area contributed by atoms with Crippen molar-refractivity contribution < 1.29 is 16.8 Å². The van der Waals surface area contributed by atoms with E-state index in [2.05, 4.69) is 13.8 Å². The Kier molecular flexibility index (Phi) is 7.65. The monoisotopic (exact) mass is 500 g/mol. The molecule has 1 aromatic heterocycles. The maximum atomic E-state index is 13.4. The van der Waals surface area contributed by atoms with E-state index in [1.54, 1.807) is 0 Å². The van der Waals surface area contributed by atoms with Gasteiger partial charge in [0.15, 0.2) is 19.7 Å². The number of rotatable bonds is 8. The predicted molar refractivity (Wildman–Crippen MR) is 136 cm³/mol. The van der Waals surface area contributed by atoms with Crippen LogP contribution in [0.3, 0.4) is 0 Å². The molecular weight excluding hydrogens is 468 g/mol. The number of benzene rings is 2. The number of hydrogen-bond donors (Lipinski definition) is 1. The molecule has 0 aliphatic carbocycles. The first-order valence-corrected chi connectivity index (χ1v) is 14.7. The zero-order chi connectivity index (χ0) is 25.3. The Labute approximate surface area is 203 Å². The summed E-state index contributed by atoms with van der Waals surface area (Å²) in [5, 5.41) is 0. The molecule has 0 amide bonds. The minimum absolute atomic E-state index is 0.0645. The summed E-state index contributed by atoms with van der Waals surface area (Å²) in [7, 11) is -7.19. The molecule has 0 unspecified atom stereocenters. The van der Waals surface area contributed by atoms with Gasteiger partial charge in [-0.15, -0.1) is 0 Å². The summed E-state index contributed by atoms with van der Waals surface area (Å²) in [4.78, 5) is 4.93. The van der Waals surface area contributed by atoms with Crippen molar-refractivity contribution >= 4 is 19.7 Å². The molecule has 0 saturated carbocycles. The zero-order valence-corrected chi connectivity index (χ0v) is 21.9. The summed E-state index contributed by atoms with van der Waals surface area (Å²) in [5.41, 5.74) is 12.0. The summed E-state index contributed by atoms with van der Waals surface area (Å²) < 4.78 is 50.3. The molecule has 0 aliphatic rings. The van der Waals surface area contributed by atoms with Gasteiger partial charge in [0.1, 0.15) is 0 Å². The lowest BCUT2D eigenvalue weighted by Crippen LogP contribution is -2.15. The number of hydrogen-bond acceptors (Lipinski definition) is 6. The molecule has 3 rings (SSSR count). The lowest BCUT2D eigenvalue weighted by molar-refractivity contribution is 0.593. The molecule has 0 radical (unpaired) electrons. The zero-order valence-electron chi connectivity index (χ0n) is 20.3. The van der Waals surface area contributed by atoms with E-state index < -0.39 is 19.7 Å². The van der Waals surface area contributed by atoms with E-state index in [0.717, 1.165) is 40.6 Å². The van der Waals surface area contributed by atoms with E-state index in [-0.39, 0.29) is 22.1 Å². The third-order valence-corrected chi connectivity index (χ3v) is 8.57. The van der Waals surface area contributed by atoms with Crippen LogP contribution in [0, 0.1) is 19.8 Å². The fourth-order valence-corrected chi connectivity index (χ4v) is 6.11. The number of nitrogens with zero attached hydrogens (tertiary/aromatic N) is 1. The molecule has 0 atom stereocenters. The number of aromatic nitrogens is 1. The molecule has 1 heterocycles. The Balaban J connectivity index is 2.19. The largest absolute Gasteiger partial charge is 0.326 e. The topological polar surface area (TPSA) is 107 Å². The predicted octanol–water partition coefficient (Wildman–Crippen LogP) is 4.40. The summed E-state index contributed by atoms with van der Waals surface area (Å²) in [6.45, 7) is 8.30. The number of nitrogens with two attached hydrogens (primary N) is 1. The van der Waals surface area contributed by atoms with Crippen LogP contribution in [-0.2, 0) is 38.4 Å². The van der Waals surface area contributed by atoms with E-state index in [1.807, 2.05) is 38.1 Å². The summed E-state index contributed by atoms with van der Waals surface area (Å²) in [5.74, 6) is 0.105. The molecule has 0 aliphatic heterocycles. The average Bonchev–Trinajstić information content (AvgIpc) is 2.75. The van der Waals surface area contributed by atoms with Crippen molar-refractivity contribution in [1.82, 2.24) is 4.98 Å². The first kappa shape index (κ1) is 26.1. The van der Waals surface area contributed by atoms with Gasteiger partial charge in [-0.25, -0.2) is 16.8 Å². The molecule has 8 heteroatoms. The van der Waals surface area contributed by atoms with Crippen LogP contribution in [0.15, 0.2) is 58.3 Å². The van der Waals surface area contributed by atoms with Gasteiger partial charge in [0.05, 0.1) is 15.5 Å². The second-order valence-corrected chi connectivity index (χ2v) is 13.2. The van der Waals surface area contributed by atoms with Crippen molar-refractivity contribution in [3.8, 4) is 11.1 Å². The number of pyridine rings is 1. The van der Waals surface area contributed by atoms with Crippen molar-refractivity contribution in [1.29, 1.82) is 0 Å². The molecular formula is C26H32N2O4S2. The molecule has 6 nitrogen and oxygen atoms in total. The third kappa shape index (κ3) is 5.74. The fourth-order valence-electron chi connectivity index (χ4n) is 4.03. The molecule has 34 heavy (non-hydrogen) atoms. The number of sulfone groups is 2. The van der Waals surface area contributed by atoms with E-state index in [4.69, 9.17) is 10.7 Å². The van der Waals surface area contributed by atoms with Crippen LogP contribution in [-0.4, -0.2) is 28.1 Å². The van der Waals surface area contributed by atoms with Crippen LogP contribution in [0.2, 0.25) is 0 Å². The van der Waals surface area contributed by atoms with Gasteiger partial charge in [-0.05, 0) is 72.7 Å². The Morgan fingerprint density at radius 2 is 1.41 bits per heavy atom. The average molecular weight is 501 g/mol. The van der Waals surface area contributed by atoms with Crippen molar-refractivity contribution in [2.45, 2.75) is 56.2 Å². The molecule has 182 valence electrons. The first-order valence-electron chi connectivity index (χ1n) is 11.1. The SMILES string of the molecule is Cc1ccc(-c2c(CS(=O)(=O)c3ccc(S(C)(=O)=O)cc3)c(C)nc(CC(C)C)c2CN)cc1. The number of aryl methyl sites for hydroxylation is 2. The maximum absolute atomic E-state index is 13.4. The van der Waals surface area contributed by atoms with Gasteiger partial charge in [0.2, 0.25) is 0 Å². The Hall–Kier alpha value is -2.55. The quantitative estimate of drug-likeness (QED) is 0.491.